The van der Waals surface area contributed by atoms with Crippen LogP contribution in [0.25, 0.3) is 0 Å². The summed E-state index contributed by atoms with van der Waals surface area (Å²) in [5.74, 6) is 0.411. The van der Waals surface area contributed by atoms with E-state index < -0.39 is 10.0 Å². The van der Waals surface area contributed by atoms with Crippen molar-refractivity contribution >= 4 is 15.9 Å². The van der Waals surface area contributed by atoms with Gasteiger partial charge >= 0.3 is 0 Å². The van der Waals surface area contributed by atoms with E-state index in [4.69, 9.17) is 5.26 Å². The second-order valence-electron chi connectivity index (χ2n) is 8.13. The number of nitrogens with one attached hydrogen (secondary N) is 1. The number of hydrogen-bond donors (Lipinski definition) is 1. The number of hydrogen-bond acceptors (Lipinski definition) is 4. The Morgan fingerprint density at radius 2 is 1.63 bits per heavy atom. The van der Waals surface area contributed by atoms with Crippen molar-refractivity contribution in [2.75, 3.05) is 13.1 Å². The lowest BCUT2D eigenvalue weighted by Crippen LogP contribution is -2.38. The molecule has 30 heavy (non-hydrogen) atoms. The lowest BCUT2D eigenvalue weighted by molar-refractivity contribution is 0.0951. The monoisotopic (exact) mass is 423 g/mol. The molecule has 1 heterocycles. The summed E-state index contributed by atoms with van der Waals surface area (Å²) in [6.45, 7) is 0.990. The third-order valence-electron chi connectivity index (χ3n) is 5.85. The molecule has 0 atom stereocenters. The average molecular weight is 424 g/mol. The quantitative estimate of drug-likeness (QED) is 0.773. The topological polar surface area (TPSA) is 90.3 Å². The molecular formula is C23H25N3O3S. The predicted octanol–water partition coefficient (Wildman–Crippen LogP) is 3.09. The van der Waals surface area contributed by atoms with E-state index in [9.17, 15) is 13.2 Å². The fraction of sp³-hybridized carbons (Fsp3) is 0.391. The van der Waals surface area contributed by atoms with E-state index in [0.717, 1.165) is 32.1 Å². The summed E-state index contributed by atoms with van der Waals surface area (Å²) in [7, 11) is -3.52. The smallest absolute Gasteiger partial charge is 0.251 e. The normalized spacial score (nSPS) is 18.0. The summed E-state index contributed by atoms with van der Waals surface area (Å²) in [5.41, 5.74) is 2.31. The largest absolute Gasteiger partial charge is 0.349 e. The van der Waals surface area contributed by atoms with Gasteiger partial charge in [0.2, 0.25) is 10.0 Å². The molecule has 0 spiro atoms. The molecule has 7 heteroatoms. The molecular weight excluding hydrogens is 398 g/mol. The molecule has 1 amide bonds. The van der Waals surface area contributed by atoms with Crippen LogP contribution >= 0.6 is 0 Å². The van der Waals surface area contributed by atoms with Crippen LogP contribution in [0.15, 0.2) is 53.4 Å². The Kier molecular flexibility index (Phi) is 5.89. The number of carbonyl (C=O) groups is 1. The molecule has 2 fully saturated rings. The van der Waals surface area contributed by atoms with Crippen LogP contribution in [0, 0.1) is 17.2 Å². The third kappa shape index (κ3) is 4.72. The summed E-state index contributed by atoms with van der Waals surface area (Å²) in [6.07, 6.45) is 4.64. The van der Waals surface area contributed by atoms with Gasteiger partial charge in [0, 0.05) is 24.7 Å². The van der Waals surface area contributed by atoms with Crippen LogP contribution in [0.1, 0.15) is 47.2 Å². The third-order valence-corrected chi connectivity index (χ3v) is 7.76. The number of piperidine rings is 1. The number of rotatable bonds is 6. The summed E-state index contributed by atoms with van der Waals surface area (Å²) in [4.78, 5) is 12.3. The molecule has 2 aliphatic rings. The first-order chi connectivity index (χ1) is 14.5. The van der Waals surface area contributed by atoms with Crippen LogP contribution in [-0.4, -0.2) is 37.8 Å². The minimum atomic E-state index is -3.52. The SMILES string of the molecule is N#Cc1ccc(S(=O)(=O)N2CCC(Cc3ccc(C(=O)NC4CC4)cc3)CC2)cc1. The molecule has 0 unspecified atom stereocenters. The minimum Gasteiger partial charge on any atom is -0.349 e. The molecule has 0 bridgehead atoms. The van der Waals surface area contributed by atoms with E-state index in [1.807, 2.05) is 30.3 Å². The van der Waals surface area contributed by atoms with Crippen LogP contribution in [-0.2, 0) is 16.4 Å². The van der Waals surface area contributed by atoms with E-state index in [1.165, 1.54) is 34.1 Å². The van der Waals surface area contributed by atoms with Crippen molar-refractivity contribution in [3.8, 4) is 6.07 Å². The number of benzene rings is 2. The number of nitriles is 1. The highest BCUT2D eigenvalue weighted by molar-refractivity contribution is 7.89. The number of carbonyl (C=O) groups excluding carboxylic acids is 1. The fourth-order valence-electron chi connectivity index (χ4n) is 3.83. The maximum atomic E-state index is 12.8. The fourth-order valence-corrected chi connectivity index (χ4v) is 5.30. The molecule has 2 aromatic rings. The van der Waals surface area contributed by atoms with E-state index >= 15 is 0 Å². The van der Waals surface area contributed by atoms with Gasteiger partial charge in [-0.2, -0.15) is 9.57 Å². The molecule has 0 aromatic heterocycles. The van der Waals surface area contributed by atoms with Crippen LogP contribution in [0.5, 0.6) is 0 Å². The van der Waals surface area contributed by atoms with Gasteiger partial charge in [0.25, 0.3) is 5.91 Å². The second kappa shape index (κ2) is 8.58. The Bertz CT molecular complexity index is 1040. The summed E-state index contributed by atoms with van der Waals surface area (Å²) in [6, 6.07) is 16.2. The van der Waals surface area contributed by atoms with E-state index in [2.05, 4.69) is 5.32 Å². The maximum Gasteiger partial charge on any atom is 0.251 e. The first-order valence-corrected chi connectivity index (χ1v) is 11.8. The van der Waals surface area contributed by atoms with Gasteiger partial charge in [0.1, 0.15) is 0 Å². The first-order valence-electron chi connectivity index (χ1n) is 10.4. The Labute approximate surface area is 177 Å². The van der Waals surface area contributed by atoms with Crippen molar-refractivity contribution in [1.82, 2.24) is 9.62 Å². The van der Waals surface area contributed by atoms with Crippen LogP contribution in [0.3, 0.4) is 0 Å². The Balaban J connectivity index is 1.31. The van der Waals surface area contributed by atoms with E-state index in [1.54, 1.807) is 0 Å². The van der Waals surface area contributed by atoms with E-state index in [0.29, 0.717) is 36.2 Å². The van der Waals surface area contributed by atoms with Crippen molar-refractivity contribution in [2.45, 2.75) is 43.0 Å². The number of nitrogens with zero attached hydrogens (tertiary/aromatic N) is 2. The van der Waals surface area contributed by atoms with Gasteiger partial charge in [-0.1, -0.05) is 12.1 Å². The molecule has 4 rings (SSSR count). The van der Waals surface area contributed by atoms with Gasteiger partial charge in [-0.3, -0.25) is 4.79 Å². The molecule has 1 aliphatic heterocycles. The molecule has 6 nitrogen and oxygen atoms in total. The average Bonchev–Trinajstić information content (AvgIpc) is 3.58. The van der Waals surface area contributed by atoms with Gasteiger partial charge in [-0.25, -0.2) is 8.42 Å². The molecule has 1 saturated heterocycles. The van der Waals surface area contributed by atoms with Crippen LogP contribution < -0.4 is 5.32 Å². The van der Waals surface area contributed by atoms with Crippen molar-refractivity contribution in [1.29, 1.82) is 5.26 Å². The Morgan fingerprint density at radius 1 is 1.00 bits per heavy atom. The molecule has 1 aliphatic carbocycles. The lowest BCUT2D eigenvalue weighted by atomic mass is 9.91. The van der Waals surface area contributed by atoms with Crippen molar-refractivity contribution in [2.24, 2.45) is 5.92 Å². The molecule has 2 aromatic carbocycles. The van der Waals surface area contributed by atoms with Crippen LogP contribution in [0.4, 0.5) is 0 Å². The molecule has 0 radical (unpaired) electrons. The van der Waals surface area contributed by atoms with Gasteiger partial charge in [0.05, 0.1) is 16.5 Å². The zero-order valence-corrected chi connectivity index (χ0v) is 17.6. The van der Waals surface area contributed by atoms with Crippen molar-refractivity contribution in [3.05, 3.63) is 65.2 Å². The number of sulfonamides is 1. The van der Waals surface area contributed by atoms with Gasteiger partial charge in [-0.05, 0) is 80.0 Å². The van der Waals surface area contributed by atoms with Gasteiger partial charge in [0.15, 0.2) is 0 Å². The summed E-state index contributed by atoms with van der Waals surface area (Å²) in [5, 5.41) is 11.9. The highest BCUT2D eigenvalue weighted by Crippen LogP contribution is 2.26. The predicted molar refractivity (Wildman–Crippen MR) is 113 cm³/mol. The van der Waals surface area contributed by atoms with Crippen molar-refractivity contribution in [3.63, 3.8) is 0 Å². The van der Waals surface area contributed by atoms with Gasteiger partial charge in [-0.15, -0.1) is 0 Å². The zero-order valence-electron chi connectivity index (χ0n) is 16.8. The summed E-state index contributed by atoms with van der Waals surface area (Å²) >= 11 is 0. The Hall–Kier alpha value is -2.69. The molecule has 156 valence electrons. The second-order valence-corrected chi connectivity index (χ2v) is 10.1. The van der Waals surface area contributed by atoms with Gasteiger partial charge < -0.3 is 5.32 Å². The first kappa shape index (κ1) is 20.6. The Morgan fingerprint density at radius 3 is 2.20 bits per heavy atom. The van der Waals surface area contributed by atoms with E-state index in [-0.39, 0.29) is 10.8 Å². The van der Waals surface area contributed by atoms with Crippen molar-refractivity contribution < 1.29 is 13.2 Å². The number of amides is 1. The lowest BCUT2D eigenvalue weighted by Gasteiger charge is -2.31. The maximum absolute atomic E-state index is 12.8. The van der Waals surface area contributed by atoms with Crippen LogP contribution in [0.2, 0.25) is 0 Å². The highest BCUT2D eigenvalue weighted by Gasteiger charge is 2.29. The summed E-state index contributed by atoms with van der Waals surface area (Å²) < 4.78 is 27.2. The minimum absolute atomic E-state index is 0.00892. The zero-order chi connectivity index (χ0) is 21.1. The molecule has 1 N–H and O–H groups in total. The highest BCUT2D eigenvalue weighted by atomic mass is 32.2. The molecule has 1 saturated carbocycles. The standard InChI is InChI=1S/C23H25N3O3S/c24-16-19-3-9-22(10-4-19)30(28,29)26-13-11-18(12-14-26)15-17-1-5-20(6-2-17)23(27)25-21-7-8-21/h1-6,9-10,18,21H,7-8,11-15H2,(H,25,27).